The second kappa shape index (κ2) is 13.1. The Hall–Kier alpha value is -1.46. The van der Waals surface area contributed by atoms with Crippen LogP contribution in [0.4, 0.5) is 0 Å². The molecule has 0 bridgehead atoms. The first-order chi connectivity index (χ1) is 14.2. The van der Waals surface area contributed by atoms with Gasteiger partial charge in [-0.3, -0.25) is 9.39 Å². The summed E-state index contributed by atoms with van der Waals surface area (Å²) in [5, 5.41) is 15.5. The number of nitrogens with zero attached hydrogens (tertiary/aromatic N) is 5. The largest absolute Gasteiger partial charge is 0.377 e. The fraction of sp³-hybridized carbons (Fsp3) is 0.667. The minimum atomic E-state index is 0. The highest BCUT2D eigenvalue weighted by atomic mass is 127. The second-order valence-electron chi connectivity index (χ2n) is 7.83. The highest BCUT2D eigenvalue weighted by molar-refractivity contribution is 14.0. The number of likely N-dealkylation sites (tertiary alicyclic amines) is 1. The van der Waals surface area contributed by atoms with E-state index in [1.165, 1.54) is 0 Å². The summed E-state index contributed by atoms with van der Waals surface area (Å²) in [6, 6.07) is 6.44. The van der Waals surface area contributed by atoms with Gasteiger partial charge in [-0.2, -0.15) is 0 Å². The molecule has 1 aliphatic heterocycles. The van der Waals surface area contributed by atoms with Gasteiger partial charge < -0.3 is 20.3 Å². The van der Waals surface area contributed by atoms with Crippen LogP contribution in [0.3, 0.4) is 0 Å². The normalized spacial score (nSPS) is 16.1. The molecule has 168 valence electrons. The van der Waals surface area contributed by atoms with Crippen molar-refractivity contribution in [2.24, 2.45) is 4.99 Å². The molecule has 0 aromatic carbocycles. The molecule has 2 aromatic heterocycles. The number of pyridine rings is 1. The molecule has 1 fully saturated rings. The Kier molecular flexibility index (Phi) is 10.8. The van der Waals surface area contributed by atoms with Gasteiger partial charge in [-0.1, -0.05) is 6.07 Å². The van der Waals surface area contributed by atoms with Gasteiger partial charge in [0, 0.05) is 51.9 Å². The Morgan fingerprint density at radius 3 is 2.80 bits per heavy atom. The lowest BCUT2D eigenvalue weighted by molar-refractivity contribution is 0.0532. The average molecular weight is 529 g/mol. The summed E-state index contributed by atoms with van der Waals surface area (Å²) in [5.74, 6) is 1.89. The van der Waals surface area contributed by atoms with Crippen LogP contribution in [0.2, 0.25) is 0 Å². The maximum Gasteiger partial charge on any atom is 0.191 e. The van der Waals surface area contributed by atoms with Gasteiger partial charge in [-0.25, -0.2) is 0 Å². The molecule has 9 heteroatoms. The number of hydrogen-bond donors (Lipinski definition) is 2. The summed E-state index contributed by atoms with van der Waals surface area (Å²) >= 11 is 0. The molecule has 3 rings (SSSR count). The first-order valence-corrected chi connectivity index (χ1v) is 10.8. The van der Waals surface area contributed by atoms with E-state index in [4.69, 9.17) is 4.74 Å². The van der Waals surface area contributed by atoms with Gasteiger partial charge in [-0.15, -0.1) is 34.2 Å². The molecule has 0 amide bonds. The lowest BCUT2D eigenvalue weighted by Gasteiger charge is -2.33. The summed E-state index contributed by atoms with van der Waals surface area (Å²) in [6.07, 6.45) is 6.45. The molecule has 1 aliphatic rings. The van der Waals surface area contributed by atoms with Crippen molar-refractivity contribution in [3.63, 3.8) is 0 Å². The van der Waals surface area contributed by atoms with Gasteiger partial charge in [0.25, 0.3) is 0 Å². The van der Waals surface area contributed by atoms with Crippen LogP contribution in [-0.2, 0) is 11.2 Å². The van der Waals surface area contributed by atoms with Gasteiger partial charge in [0.15, 0.2) is 11.6 Å². The van der Waals surface area contributed by atoms with Crippen LogP contribution in [-0.4, -0.2) is 77.4 Å². The number of ether oxygens (including phenoxy) is 1. The van der Waals surface area contributed by atoms with Crippen molar-refractivity contribution in [1.82, 2.24) is 30.1 Å². The van der Waals surface area contributed by atoms with E-state index in [0.29, 0.717) is 12.1 Å². The Morgan fingerprint density at radius 2 is 2.07 bits per heavy atom. The lowest BCUT2D eigenvalue weighted by Crippen LogP contribution is -2.49. The number of nitrogens with one attached hydrogen (secondary N) is 2. The van der Waals surface area contributed by atoms with Crippen molar-refractivity contribution in [3.05, 3.63) is 30.2 Å². The van der Waals surface area contributed by atoms with E-state index in [2.05, 4.69) is 44.6 Å². The fourth-order valence-corrected chi connectivity index (χ4v) is 3.62. The molecule has 0 atom stereocenters. The third-order valence-corrected chi connectivity index (χ3v) is 5.26. The Labute approximate surface area is 196 Å². The molecule has 8 nitrogen and oxygen atoms in total. The van der Waals surface area contributed by atoms with Crippen molar-refractivity contribution in [1.29, 1.82) is 0 Å². The van der Waals surface area contributed by atoms with Crippen LogP contribution in [0.1, 0.15) is 38.9 Å². The van der Waals surface area contributed by atoms with Crippen molar-refractivity contribution in [2.45, 2.75) is 51.7 Å². The van der Waals surface area contributed by atoms with E-state index >= 15 is 0 Å². The number of piperidine rings is 1. The fourth-order valence-electron chi connectivity index (χ4n) is 3.62. The molecule has 2 aromatic rings. The molecule has 0 saturated carbocycles. The number of fused-ring (bicyclic) bond motifs is 1. The zero-order valence-corrected chi connectivity index (χ0v) is 20.7. The lowest BCUT2D eigenvalue weighted by atomic mass is 10.1. The van der Waals surface area contributed by atoms with Crippen molar-refractivity contribution in [2.75, 3.05) is 39.8 Å². The van der Waals surface area contributed by atoms with Gasteiger partial charge in [0.05, 0.1) is 12.7 Å². The summed E-state index contributed by atoms with van der Waals surface area (Å²) in [5.41, 5.74) is 0.898. The number of halogens is 1. The van der Waals surface area contributed by atoms with E-state index < -0.39 is 0 Å². The third kappa shape index (κ3) is 7.66. The van der Waals surface area contributed by atoms with E-state index in [0.717, 1.165) is 75.9 Å². The number of aryl methyl sites for hydroxylation is 1. The summed E-state index contributed by atoms with van der Waals surface area (Å²) in [4.78, 5) is 6.87. The minimum Gasteiger partial charge on any atom is -0.377 e. The number of rotatable bonds is 9. The van der Waals surface area contributed by atoms with Crippen LogP contribution < -0.4 is 10.6 Å². The Balaban J connectivity index is 0.00000320. The predicted octanol–water partition coefficient (Wildman–Crippen LogP) is 2.33. The third-order valence-electron chi connectivity index (χ3n) is 5.26. The van der Waals surface area contributed by atoms with Gasteiger partial charge in [-0.05, 0) is 45.2 Å². The molecular formula is C21H36IN7O. The molecule has 3 heterocycles. The predicted molar refractivity (Wildman–Crippen MR) is 132 cm³/mol. The van der Waals surface area contributed by atoms with E-state index in [1.54, 1.807) is 0 Å². The molecule has 1 saturated heterocycles. The highest BCUT2D eigenvalue weighted by Gasteiger charge is 2.19. The SMILES string of the molecule is CN=C(NCCCc1nnc2ccccn12)NC1CCN(CCOC(C)C)CC1.I. The molecule has 0 spiro atoms. The molecule has 0 aliphatic carbocycles. The van der Waals surface area contributed by atoms with E-state index in [9.17, 15) is 0 Å². The summed E-state index contributed by atoms with van der Waals surface area (Å²) in [7, 11) is 1.83. The average Bonchev–Trinajstić information content (AvgIpc) is 3.14. The maximum absolute atomic E-state index is 5.66. The molecule has 2 N–H and O–H groups in total. The van der Waals surface area contributed by atoms with Gasteiger partial charge >= 0.3 is 0 Å². The standard InChI is InChI=1S/C21H35N7O.HI/c1-17(2)29-16-15-27-13-9-18(10-14-27)24-21(22-3)23-11-6-8-20-26-25-19-7-4-5-12-28(19)20;/h4-5,7,12,17-18H,6,8-11,13-16H2,1-3H3,(H2,22,23,24);1H. The van der Waals surface area contributed by atoms with Crippen molar-refractivity contribution in [3.8, 4) is 0 Å². The van der Waals surface area contributed by atoms with E-state index in [1.807, 2.05) is 35.8 Å². The van der Waals surface area contributed by atoms with Crippen molar-refractivity contribution >= 4 is 35.6 Å². The zero-order chi connectivity index (χ0) is 20.5. The van der Waals surface area contributed by atoms with Crippen LogP contribution in [0.15, 0.2) is 29.4 Å². The first-order valence-electron chi connectivity index (χ1n) is 10.8. The molecule has 0 radical (unpaired) electrons. The summed E-state index contributed by atoms with van der Waals surface area (Å²) < 4.78 is 7.71. The number of hydrogen-bond acceptors (Lipinski definition) is 5. The van der Waals surface area contributed by atoms with Crippen molar-refractivity contribution < 1.29 is 4.74 Å². The number of aromatic nitrogens is 3. The molecule has 30 heavy (non-hydrogen) atoms. The maximum atomic E-state index is 5.66. The highest BCUT2D eigenvalue weighted by Crippen LogP contribution is 2.10. The number of aliphatic imine (C=N–C) groups is 1. The Morgan fingerprint density at radius 1 is 1.27 bits per heavy atom. The molecule has 0 unspecified atom stereocenters. The first kappa shape index (κ1) is 24.8. The monoisotopic (exact) mass is 529 g/mol. The van der Waals surface area contributed by atoms with Crippen LogP contribution >= 0.6 is 24.0 Å². The smallest absolute Gasteiger partial charge is 0.191 e. The molecular weight excluding hydrogens is 493 g/mol. The van der Waals surface area contributed by atoms with Crippen LogP contribution in [0.5, 0.6) is 0 Å². The van der Waals surface area contributed by atoms with Gasteiger partial charge in [0.2, 0.25) is 0 Å². The zero-order valence-electron chi connectivity index (χ0n) is 18.4. The van der Waals surface area contributed by atoms with Crippen LogP contribution in [0.25, 0.3) is 5.65 Å². The van der Waals surface area contributed by atoms with Crippen LogP contribution in [0, 0.1) is 0 Å². The minimum absolute atomic E-state index is 0. The topological polar surface area (TPSA) is 79.1 Å². The quantitative estimate of drug-likeness (QED) is 0.225. The van der Waals surface area contributed by atoms with Gasteiger partial charge in [0.1, 0.15) is 5.82 Å². The number of guanidine groups is 1. The Bertz CT molecular complexity index is 772. The van der Waals surface area contributed by atoms with E-state index in [-0.39, 0.29) is 24.0 Å². The second-order valence-corrected chi connectivity index (χ2v) is 7.83. The summed E-state index contributed by atoms with van der Waals surface area (Å²) in [6.45, 7) is 9.08.